The van der Waals surface area contributed by atoms with Crippen molar-refractivity contribution in [1.29, 1.82) is 0 Å². The predicted octanol–water partition coefficient (Wildman–Crippen LogP) is 4.43. The van der Waals surface area contributed by atoms with Gasteiger partial charge >= 0.3 is 6.03 Å². The van der Waals surface area contributed by atoms with Gasteiger partial charge in [-0.2, -0.15) is 10.1 Å². The van der Waals surface area contributed by atoms with E-state index in [1.54, 1.807) is 31.7 Å². The number of urea groups is 1. The Morgan fingerprint density at radius 1 is 1.18 bits per heavy atom. The number of rotatable bonds is 7. The van der Waals surface area contributed by atoms with Crippen LogP contribution >= 0.6 is 0 Å². The number of benzene rings is 2. The number of hydrogen-bond donors (Lipinski definition) is 2. The third-order valence-corrected chi connectivity index (χ3v) is 6.39. The first kappa shape index (κ1) is 27.9. The lowest BCUT2D eigenvalue weighted by molar-refractivity contribution is 0.160. The molecular weight excluding hydrogens is 508 g/mol. The number of anilines is 1. The minimum atomic E-state index is -0.775. The molecule has 0 saturated carbocycles. The topological polar surface area (TPSA) is 124 Å². The molecule has 0 radical (unpaired) electrons. The fourth-order valence-corrected chi connectivity index (χ4v) is 4.41. The molecule has 2 aromatic carbocycles. The average Bonchev–Trinajstić information content (AvgIpc) is 3.65. The van der Waals surface area contributed by atoms with Crippen LogP contribution in [-0.2, 0) is 4.74 Å². The summed E-state index contributed by atoms with van der Waals surface area (Å²) in [7, 11) is 1.68. The van der Waals surface area contributed by atoms with Gasteiger partial charge in [0.15, 0.2) is 23.2 Å². The Balaban J connectivity index is 0.000000187. The van der Waals surface area contributed by atoms with Crippen molar-refractivity contribution in [3.8, 4) is 17.3 Å². The van der Waals surface area contributed by atoms with E-state index >= 15 is 0 Å². The molecule has 4 aromatic rings. The molecule has 10 nitrogen and oxygen atoms in total. The van der Waals surface area contributed by atoms with Gasteiger partial charge in [-0.3, -0.25) is 5.32 Å². The number of halogens is 2. The molecule has 0 aliphatic carbocycles. The summed E-state index contributed by atoms with van der Waals surface area (Å²) < 4.78 is 37.7. The summed E-state index contributed by atoms with van der Waals surface area (Å²) in [6.07, 6.45) is 0.995. The molecular formula is C27H31F2N7O3. The molecule has 1 aliphatic heterocycles. The van der Waals surface area contributed by atoms with Crippen molar-refractivity contribution >= 4 is 11.8 Å². The van der Waals surface area contributed by atoms with Gasteiger partial charge in [0.25, 0.3) is 5.89 Å². The van der Waals surface area contributed by atoms with Crippen LogP contribution in [-0.4, -0.2) is 64.2 Å². The van der Waals surface area contributed by atoms with Crippen LogP contribution < -0.4 is 11.1 Å². The minimum Gasteiger partial charge on any atom is -0.383 e. The third-order valence-electron chi connectivity index (χ3n) is 6.39. The highest BCUT2D eigenvalue weighted by Crippen LogP contribution is 2.30. The first-order valence-electron chi connectivity index (χ1n) is 12.4. The number of carbonyl (C=O) groups is 1. The summed E-state index contributed by atoms with van der Waals surface area (Å²) in [5, 5.41) is 10.8. The van der Waals surface area contributed by atoms with Gasteiger partial charge in [-0.05, 0) is 62.6 Å². The zero-order valence-corrected chi connectivity index (χ0v) is 22.0. The summed E-state index contributed by atoms with van der Waals surface area (Å²) in [5.41, 5.74) is 8.10. The molecule has 1 aliphatic rings. The van der Waals surface area contributed by atoms with Gasteiger partial charge in [0.1, 0.15) is 5.82 Å². The highest BCUT2D eigenvalue weighted by molar-refractivity contribution is 5.89. The molecule has 5 rings (SSSR count). The standard InChI is InChI=1S/C14H14N6O2.C13H17F2NO/c1-8-11(13-16-9(2)19-22-13)18-20(12(8)17-14(15)21)10-6-4-3-5-7-10;1-17-7-6-16-5-4-11(9-16)10-2-3-12(14)13(15)8-10/h3-7H,1-2H3,(H3,15,17,21);2-3,8,11H,4-7,9H2,1H3. The van der Waals surface area contributed by atoms with Gasteiger partial charge in [0.2, 0.25) is 0 Å². The lowest BCUT2D eigenvalue weighted by Gasteiger charge is -2.15. The van der Waals surface area contributed by atoms with Crippen LogP contribution in [0.15, 0.2) is 53.1 Å². The first-order valence-corrected chi connectivity index (χ1v) is 12.4. The van der Waals surface area contributed by atoms with Crippen LogP contribution in [0.25, 0.3) is 17.3 Å². The molecule has 3 heterocycles. The van der Waals surface area contributed by atoms with Crippen molar-refractivity contribution in [3.63, 3.8) is 0 Å². The number of nitrogens with zero attached hydrogens (tertiary/aromatic N) is 5. The number of nitrogens with two attached hydrogens (primary N) is 1. The summed E-state index contributed by atoms with van der Waals surface area (Å²) >= 11 is 0. The van der Waals surface area contributed by atoms with Gasteiger partial charge < -0.3 is 19.9 Å². The Morgan fingerprint density at radius 3 is 2.59 bits per heavy atom. The van der Waals surface area contributed by atoms with Crippen LogP contribution in [0, 0.1) is 25.5 Å². The summed E-state index contributed by atoms with van der Waals surface area (Å²) in [5.74, 6) is 0.0395. The smallest absolute Gasteiger partial charge is 0.317 e. The van der Waals surface area contributed by atoms with Gasteiger partial charge in [0, 0.05) is 25.8 Å². The molecule has 2 amide bonds. The average molecular weight is 540 g/mol. The van der Waals surface area contributed by atoms with E-state index in [2.05, 4.69) is 25.5 Å². The largest absolute Gasteiger partial charge is 0.383 e. The second-order valence-corrected chi connectivity index (χ2v) is 9.16. The van der Waals surface area contributed by atoms with Crippen molar-refractivity contribution in [3.05, 3.63) is 77.1 Å². The maximum atomic E-state index is 13.1. The zero-order chi connectivity index (χ0) is 27.9. The number of hydrogen-bond acceptors (Lipinski definition) is 7. The fourth-order valence-electron chi connectivity index (χ4n) is 4.41. The van der Waals surface area contributed by atoms with Gasteiger partial charge in [-0.1, -0.05) is 29.4 Å². The normalized spacial score (nSPS) is 15.2. The Hall–Kier alpha value is -4.16. The zero-order valence-electron chi connectivity index (χ0n) is 22.0. The number of methoxy groups -OCH3 is 1. The first-order chi connectivity index (χ1) is 18.8. The Morgan fingerprint density at radius 2 is 1.95 bits per heavy atom. The van der Waals surface area contributed by atoms with Crippen molar-refractivity contribution in [1.82, 2.24) is 24.8 Å². The lowest BCUT2D eigenvalue weighted by atomic mass is 9.98. The lowest BCUT2D eigenvalue weighted by Crippen LogP contribution is -2.24. The molecule has 2 aromatic heterocycles. The van der Waals surface area contributed by atoms with Crippen molar-refractivity contribution in [2.24, 2.45) is 5.73 Å². The molecule has 1 fully saturated rings. The highest BCUT2D eigenvalue weighted by atomic mass is 19.2. The highest BCUT2D eigenvalue weighted by Gasteiger charge is 2.24. The number of para-hydroxylation sites is 1. The maximum absolute atomic E-state index is 13.1. The number of carbonyl (C=O) groups excluding carboxylic acids is 1. The second kappa shape index (κ2) is 12.6. The third kappa shape index (κ3) is 6.84. The fraction of sp³-hybridized carbons (Fsp3) is 0.333. The van der Waals surface area contributed by atoms with E-state index in [0.29, 0.717) is 35.4 Å². The van der Waals surface area contributed by atoms with Gasteiger partial charge in [-0.25, -0.2) is 18.3 Å². The number of amides is 2. The number of primary amides is 1. The number of likely N-dealkylation sites (tertiary alicyclic amines) is 1. The van der Waals surface area contributed by atoms with E-state index in [4.69, 9.17) is 15.0 Å². The quantitative estimate of drug-likeness (QED) is 0.356. The Bertz CT molecular complexity index is 1410. The number of nitrogens with one attached hydrogen (secondary N) is 1. The predicted molar refractivity (Wildman–Crippen MR) is 142 cm³/mol. The Kier molecular flexibility index (Phi) is 8.99. The Labute approximate surface area is 224 Å². The molecule has 0 spiro atoms. The van der Waals surface area contributed by atoms with Crippen LogP contribution in [0.5, 0.6) is 0 Å². The number of ether oxygens (including phenoxy) is 1. The van der Waals surface area contributed by atoms with Crippen molar-refractivity contribution < 1.29 is 22.8 Å². The van der Waals surface area contributed by atoms with Crippen LogP contribution in [0.2, 0.25) is 0 Å². The molecule has 206 valence electrons. The van der Waals surface area contributed by atoms with Crippen LogP contribution in [0.3, 0.4) is 0 Å². The molecule has 39 heavy (non-hydrogen) atoms. The van der Waals surface area contributed by atoms with Gasteiger partial charge in [0.05, 0.1) is 12.3 Å². The summed E-state index contributed by atoms with van der Waals surface area (Å²) in [4.78, 5) is 17.7. The van der Waals surface area contributed by atoms with E-state index in [1.165, 1.54) is 12.1 Å². The maximum Gasteiger partial charge on any atom is 0.317 e. The van der Waals surface area contributed by atoms with Crippen LogP contribution in [0.1, 0.15) is 29.3 Å². The van der Waals surface area contributed by atoms with Gasteiger partial charge in [-0.15, -0.1) is 0 Å². The molecule has 1 atom stereocenters. The van der Waals surface area contributed by atoms with Crippen molar-refractivity contribution in [2.45, 2.75) is 26.2 Å². The van der Waals surface area contributed by atoms with E-state index < -0.39 is 17.7 Å². The molecule has 1 saturated heterocycles. The number of aryl methyl sites for hydroxylation is 1. The minimum absolute atomic E-state index is 0.289. The van der Waals surface area contributed by atoms with Crippen molar-refractivity contribution in [2.75, 3.05) is 38.7 Å². The molecule has 3 N–H and O–H groups in total. The monoisotopic (exact) mass is 539 g/mol. The van der Waals surface area contributed by atoms with E-state index in [0.717, 1.165) is 37.3 Å². The number of aromatic nitrogens is 4. The second-order valence-electron chi connectivity index (χ2n) is 9.16. The molecule has 1 unspecified atom stereocenters. The summed E-state index contributed by atoms with van der Waals surface area (Å²) in [6.45, 7) is 7.02. The molecule has 12 heteroatoms. The summed E-state index contributed by atoms with van der Waals surface area (Å²) in [6, 6.07) is 12.9. The van der Waals surface area contributed by atoms with E-state index in [1.807, 2.05) is 30.3 Å². The molecule has 0 bridgehead atoms. The van der Waals surface area contributed by atoms with E-state index in [-0.39, 0.29) is 5.89 Å². The van der Waals surface area contributed by atoms with E-state index in [9.17, 15) is 13.6 Å². The van der Waals surface area contributed by atoms with Crippen LogP contribution in [0.4, 0.5) is 19.4 Å². The SMILES string of the molecule is COCCN1CCC(c2ccc(F)c(F)c2)C1.Cc1noc(-c2nn(-c3ccccc3)c(NC(N)=O)c2C)n1.